The molecule has 1 aliphatic heterocycles. The number of nitrogens with one attached hydrogen (secondary N) is 2. The lowest BCUT2D eigenvalue weighted by Crippen LogP contribution is -2.51. The third-order valence-electron chi connectivity index (χ3n) is 3.66. The Morgan fingerprint density at radius 1 is 1.40 bits per heavy atom. The predicted octanol–water partition coefficient (Wildman–Crippen LogP) is 2.26. The molecule has 0 bridgehead atoms. The van der Waals surface area contributed by atoms with E-state index in [2.05, 4.69) is 10.6 Å². The van der Waals surface area contributed by atoms with Gasteiger partial charge in [0.2, 0.25) is 0 Å². The van der Waals surface area contributed by atoms with E-state index in [-0.39, 0.29) is 24.1 Å². The van der Waals surface area contributed by atoms with Gasteiger partial charge in [0.15, 0.2) is 0 Å². The summed E-state index contributed by atoms with van der Waals surface area (Å²) in [4.78, 5) is 12.4. The van der Waals surface area contributed by atoms with Crippen molar-refractivity contribution in [2.24, 2.45) is 0 Å². The highest BCUT2D eigenvalue weighted by molar-refractivity contribution is 5.98. The Hall–Kier alpha value is -1.17. The lowest BCUT2D eigenvalue weighted by atomic mass is 9.91. The Kier molecular flexibility index (Phi) is 5.92. The minimum atomic E-state index is -0.815. The SMILES string of the molecule is COC1(C(=O)Nc2cc(F)ccc2C)CCNCC1.Cl. The number of rotatable bonds is 3. The maximum Gasteiger partial charge on any atom is 0.256 e. The zero-order valence-corrected chi connectivity index (χ0v) is 12.5. The fourth-order valence-electron chi connectivity index (χ4n) is 2.32. The van der Waals surface area contributed by atoms with Crippen molar-refractivity contribution in [1.82, 2.24) is 5.32 Å². The number of halogens is 2. The molecule has 0 atom stereocenters. The molecule has 0 aliphatic carbocycles. The number of carbonyl (C=O) groups excluding carboxylic acids is 1. The minimum absolute atomic E-state index is 0. The molecule has 2 rings (SSSR count). The van der Waals surface area contributed by atoms with Gasteiger partial charge in [-0.1, -0.05) is 6.07 Å². The number of benzene rings is 1. The monoisotopic (exact) mass is 302 g/mol. The van der Waals surface area contributed by atoms with E-state index in [4.69, 9.17) is 4.74 Å². The van der Waals surface area contributed by atoms with Crippen LogP contribution in [0.25, 0.3) is 0 Å². The topological polar surface area (TPSA) is 50.4 Å². The highest BCUT2D eigenvalue weighted by atomic mass is 35.5. The van der Waals surface area contributed by atoms with Gasteiger partial charge in [-0.15, -0.1) is 12.4 Å². The van der Waals surface area contributed by atoms with Crippen LogP contribution in [0.4, 0.5) is 10.1 Å². The highest BCUT2D eigenvalue weighted by Gasteiger charge is 2.39. The average Bonchev–Trinajstić information content (AvgIpc) is 2.43. The number of anilines is 1. The van der Waals surface area contributed by atoms with Crippen LogP contribution in [0.15, 0.2) is 18.2 Å². The summed E-state index contributed by atoms with van der Waals surface area (Å²) < 4.78 is 18.7. The van der Waals surface area contributed by atoms with Gasteiger partial charge >= 0.3 is 0 Å². The molecule has 2 N–H and O–H groups in total. The molecule has 1 aromatic carbocycles. The van der Waals surface area contributed by atoms with Crippen LogP contribution in [0, 0.1) is 12.7 Å². The van der Waals surface area contributed by atoms with Gasteiger partial charge < -0.3 is 15.4 Å². The Bertz CT molecular complexity index is 476. The van der Waals surface area contributed by atoms with Crippen LogP contribution in [0.5, 0.6) is 0 Å². The summed E-state index contributed by atoms with van der Waals surface area (Å²) in [7, 11) is 1.54. The molecule has 1 fully saturated rings. The minimum Gasteiger partial charge on any atom is -0.368 e. The maximum atomic E-state index is 13.2. The van der Waals surface area contributed by atoms with Crippen LogP contribution in [-0.4, -0.2) is 31.7 Å². The third kappa shape index (κ3) is 3.48. The quantitative estimate of drug-likeness (QED) is 0.900. The van der Waals surface area contributed by atoms with Crippen molar-refractivity contribution >= 4 is 24.0 Å². The van der Waals surface area contributed by atoms with Crippen LogP contribution in [0.1, 0.15) is 18.4 Å². The van der Waals surface area contributed by atoms with Gasteiger partial charge in [-0.05, 0) is 50.6 Å². The molecule has 1 amide bonds. The Morgan fingerprint density at radius 2 is 2.05 bits per heavy atom. The van der Waals surface area contributed by atoms with Crippen LogP contribution >= 0.6 is 12.4 Å². The molecule has 0 radical (unpaired) electrons. The van der Waals surface area contributed by atoms with Gasteiger partial charge in [-0.3, -0.25) is 4.79 Å². The summed E-state index contributed by atoms with van der Waals surface area (Å²) in [6.07, 6.45) is 1.23. The summed E-state index contributed by atoms with van der Waals surface area (Å²) in [6, 6.07) is 4.35. The second-order valence-electron chi connectivity index (χ2n) is 4.86. The molecule has 1 heterocycles. The maximum absolute atomic E-state index is 13.2. The van der Waals surface area contributed by atoms with E-state index in [0.717, 1.165) is 18.7 Å². The molecular formula is C14H20ClFN2O2. The van der Waals surface area contributed by atoms with Crippen LogP contribution in [0.3, 0.4) is 0 Å². The molecule has 0 saturated carbocycles. The Balaban J connectivity index is 0.00000200. The summed E-state index contributed by atoms with van der Waals surface area (Å²) in [5, 5.41) is 5.97. The van der Waals surface area contributed by atoms with Crippen molar-refractivity contribution in [3.63, 3.8) is 0 Å². The molecule has 0 spiro atoms. The lowest BCUT2D eigenvalue weighted by molar-refractivity contribution is -0.140. The first-order valence-electron chi connectivity index (χ1n) is 6.41. The molecule has 1 aliphatic rings. The number of ether oxygens (including phenoxy) is 1. The molecular weight excluding hydrogens is 283 g/mol. The summed E-state index contributed by atoms with van der Waals surface area (Å²) in [6.45, 7) is 3.31. The van der Waals surface area contributed by atoms with E-state index in [1.807, 2.05) is 6.92 Å². The third-order valence-corrected chi connectivity index (χ3v) is 3.66. The van der Waals surface area contributed by atoms with Crippen molar-refractivity contribution in [2.45, 2.75) is 25.4 Å². The van der Waals surface area contributed by atoms with Crippen molar-refractivity contribution in [3.8, 4) is 0 Å². The van der Waals surface area contributed by atoms with E-state index in [1.165, 1.54) is 12.1 Å². The number of amides is 1. The molecule has 1 aromatic rings. The second-order valence-corrected chi connectivity index (χ2v) is 4.86. The number of methoxy groups -OCH3 is 1. The first-order chi connectivity index (χ1) is 9.07. The molecule has 20 heavy (non-hydrogen) atoms. The fraction of sp³-hybridized carbons (Fsp3) is 0.500. The van der Waals surface area contributed by atoms with Gasteiger partial charge in [-0.25, -0.2) is 4.39 Å². The number of hydrogen-bond donors (Lipinski definition) is 2. The van der Waals surface area contributed by atoms with Gasteiger partial charge in [0.25, 0.3) is 5.91 Å². The number of aryl methyl sites for hydroxylation is 1. The first-order valence-corrected chi connectivity index (χ1v) is 6.41. The van der Waals surface area contributed by atoms with Crippen molar-refractivity contribution in [3.05, 3.63) is 29.6 Å². The van der Waals surface area contributed by atoms with E-state index < -0.39 is 5.60 Å². The molecule has 112 valence electrons. The largest absolute Gasteiger partial charge is 0.368 e. The molecule has 0 aromatic heterocycles. The normalized spacial score (nSPS) is 17.1. The Labute approximate surface area is 124 Å². The predicted molar refractivity (Wildman–Crippen MR) is 78.9 cm³/mol. The number of piperidine rings is 1. The van der Waals surface area contributed by atoms with Crippen molar-refractivity contribution in [1.29, 1.82) is 0 Å². The zero-order chi connectivity index (χ0) is 13.9. The first kappa shape index (κ1) is 16.9. The van der Waals surface area contributed by atoms with E-state index in [1.54, 1.807) is 13.2 Å². The lowest BCUT2D eigenvalue weighted by Gasteiger charge is -2.34. The average molecular weight is 303 g/mol. The summed E-state index contributed by atoms with van der Waals surface area (Å²) in [5.74, 6) is -0.567. The van der Waals surface area contributed by atoms with Crippen LogP contribution in [0.2, 0.25) is 0 Å². The summed E-state index contributed by atoms with van der Waals surface area (Å²) in [5.41, 5.74) is 0.513. The molecule has 1 saturated heterocycles. The van der Waals surface area contributed by atoms with Gasteiger partial charge in [0.1, 0.15) is 11.4 Å². The molecule has 4 nitrogen and oxygen atoms in total. The standard InChI is InChI=1S/C14H19FN2O2.ClH/c1-10-3-4-11(15)9-12(10)17-13(18)14(19-2)5-7-16-8-6-14;/h3-4,9,16H,5-8H2,1-2H3,(H,17,18);1H. The van der Waals surface area contributed by atoms with Crippen LogP contribution < -0.4 is 10.6 Å². The molecule has 6 heteroatoms. The second kappa shape index (κ2) is 7.02. The van der Waals surface area contributed by atoms with Crippen molar-refractivity contribution < 1.29 is 13.9 Å². The fourth-order valence-corrected chi connectivity index (χ4v) is 2.32. The van der Waals surface area contributed by atoms with Gasteiger partial charge in [0.05, 0.1) is 0 Å². The Morgan fingerprint density at radius 3 is 2.65 bits per heavy atom. The van der Waals surface area contributed by atoms with Crippen molar-refractivity contribution in [2.75, 3.05) is 25.5 Å². The number of hydrogen-bond acceptors (Lipinski definition) is 3. The number of carbonyl (C=O) groups is 1. The zero-order valence-electron chi connectivity index (χ0n) is 11.7. The van der Waals surface area contributed by atoms with Crippen LogP contribution in [-0.2, 0) is 9.53 Å². The van der Waals surface area contributed by atoms with E-state index in [9.17, 15) is 9.18 Å². The summed E-state index contributed by atoms with van der Waals surface area (Å²) >= 11 is 0. The highest BCUT2D eigenvalue weighted by Crippen LogP contribution is 2.25. The van der Waals surface area contributed by atoms with E-state index >= 15 is 0 Å². The smallest absolute Gasteiger partial charge is 0.256 e. The molecule has 0 unspecified atom stereocenters. The van der Waals surface area contributed by atoms with Gasteiger partial charge in [-0.2, -0.15) is 0 Å². The van der Waals surface area contributed by atoms with E-state index in [0.29, 0.717) is 18.5 Å². The van der Waals surface area contributed by atoms with Gasteiger partial charge in [0, 0.05) is 12.8 Å².